The van der Waals surface area contributed by atoms with Crippen molar-refractivity contribution in [2.45, 2.75) is 13.5 Å². The maximum Gasteiger partial charge on any atom is 0.260 e. The van der Waals surface area contributed by atoms with E-state index in [2.05, 4.69) is 20.4 Å². The van der Waals surface area contributed by atoms with E-state index in [0.29, 0.717) is 25.4 Å². The molecule has 1 saturated heterocycles. The largest absolute Gasteiger partial charge is 0.497 e. The number of benzene rings is 2. The van der Waals surface area contributed by atoms with Crippen LogP contribution in [0.2, 0.25) is 0 Å². The molecule has 9 heteroatoms. The van der Waals surface area contributed by atoms with E-state index < -0.39 is 0 Å². The van der Waals surface area contributed by atoms with Crippen molar-refractivity contribution in [2.24, 2.45) is 0 Å². The Kier molecular flexibility index (Phi) is 6.42. The fourth-order valence-electron chi connectivity index (χ4n) is 3.45. The van der Waals surface area contributed by atoms with Gasteiger partial charge in [-0.25, -0.2) is 0 Å². The van der Waals surface area contributed by atoms with E-state index in [1.54, 1.807) is 11.8 Å². The van der Waals surface area contributed by atoms with Crippen LogP contribution in [0.3, 0.4) is 0 Å². The van der Waals surface area contributed by atoms with Gasteiger partial charge in [0.25, 0.3) is 5.91 Å². The summed E-state index contributed by atoms with van der Waals surface area (Å²) in [4.78, 5) is 16.6. The van der Waals surface area contributed by atoms with E-state index >= 15 is 0 Å². The smallest absolute Gasteiger partial charge is 0.260 e. The average molecular weight is 422 g/mol. The maximum absolute atomic E-state index is 12.5. The van der Waals surface area contributed by atoms with E-state index in [4.69, 9.17) is 9.47 Å². The second kappa shape index (κ2) is 9.57. The molecule has 31 heavy (non-hydrogen) atoms. The Bertz CT molecular complexity index is 995. The molecule has 0 radical (unpaired) electrons. The normalized spacial score (nSPS) is 14.5. The monoisotopic (exact) mass is 422 g/mol. The fraction of sp³-hybridized carbons (Fsp3) is 0.364. The van der Waals surface area contributed by atoms with Crippen molar-refractivity contribution >= 4 is 5.91 Å². The zero-order chi connectivity index (χ0) is 21.6. The van der Waals surface area contributed by atoms with Gasteiger partial charge in [-0.1, -0.05) is 17.7 Å². The van der Waals surface area contributed by atoms with Gasteiger partial charge in [0.15, 0.2) is 12.4 Å². The predicted molar refractivity (Wildman–Crippen MR) is 114 cm³/mol. The third-order valence-electron chi connectivity index (χ3n) is 5.32. The number of tetrazole rings is 1. The first-order valence-electron chi connectivity index (χ1n) is 10.2. The first-order chi connectivity index (χ1) is 15.1. The Hall–Kier alpha value is -3.46. The van der Waals surface area contributed by atoms with Crippen LogP contribution in [0.4, 0.5) is 0 Å². The molecule has 1 aliphatic heterocycles. The summed E-state index contributed by atoms with van der Waals surface area (Å²) in [5.41, 5.74) is 2.04. The first kappa shape index (κ1) is 20.8. The number of methoxy groups -OCH3 is 1. The molecule has 0 atom stereocenters. The van der Waals surface area contributed by atoms with E-state index in [1.807, 2.05) is 60.4 Å². The number of aromatic nitrogens is 4. The highest BCUT2D eigenvalue weighted by Crippen LogP contribution is 2.16. The number of aryl methyl sites for hydroxylation is 1. The molecule has 2 heterocycles. The quantitative estimate of drug-likeness (QED) is 0.573. The van der Waals surface area contributed by atoms with E-state index in [-0.39, 0.29) is 12.5 Å². The van der Waals surface area contributed by atoms with Gasteiger partial charge in [0, 0.05) is 26.2 Å². The van der Waals surface area contributed by atoms with Crippen LogP contribution in [-0.2, 0) is 11.3 Å². The molecular formula is C22H26N6O3. The summed E-state index contributed by atoms with van der Waals surface area (Å²) >= 11 is 0. The number of rotatable bonds is 7. The van der Waals surface area contributed by atoms with E-state index in [1.165, 1.54) is 0 Å². The number of piperazine rings is 1. The molecule has 1 aliphatic rings. The minimum atomic E-state index is 0.00305. The van der Waals surface area contributed by atoms with Crippen molar-refractivity contribution in [1.82, 2.24) is 30.0 Å². The van der Waals surface area contributed by atoms with Crippen molar-refractivity contribution in [3.63, 3.8) is 0 Å². The Morgan fingerprint density at radius 3 is 2.32 bits per heavy atom. The highest BCUT2D eigenvalue weighted by molar-refractivity contribution is 5.77. The molecular weight excluding hydrogens is 396 g/mol. The molecule has 162 valence electrons. The van der Waals surface area contributed by atoms with Crippen LogP contribution in [0.25, 0.3) is 5.69 Å². The minimum Gasteiger partial charge on any atom is -0.497 e. The zero-order valence-electron chi connectivity index (χ0n) is 17.8. The molecule has 0 aliphatic carbocycles. The number of carbonyl (C=O) groups excluding carboxylic acids is 1. The van der Waals surface area contributed by atoms with Crippen LogP contribution < -0.4 is 9.47 Å². The highest BCUT2D eigenvalue weighted by Gasteiger charge is 2.23. The van der Waals surface area contributed by atoms with Gasteiger partial charge in [-0.2, -0.15) is 4.68 Å². The van der Waals surface area contributed by atoms with Crippen LogP contribution in [0, 0.1) is 6.92 Å². The van der Waals surface area contributed by atoms with Gasteiger partial charge in [-0.15, -0.1) is 5.10 Å². The predicted octanol–water partition coefficient (Wildman–Crippen LogP) is 1.70. The summed E-state index contributed by atoms with van der Waals surface area (Å²) in [6.45, 7) is 5.50. The zero-order valence-corrected chi connectivity index (χ0v) is 17.8. The lowest BCUT2D eigenvalue weighted by Crippen LogP contribution is -2.49. The van der Waals surface area contributed by atoms with Crippen LogP contribution in [0.5, 0.6) is 11.5 Å². The summed E-state index contributed by atoms with van der Waals surface area (Å²) in [5, 5.41) is 12.1. The van der Waals surface area contributed by atoms with Crippen LogP contribution >= 0.6 is 0 Å². The fourth-order valence-corrected chi connectivity index (χ4v) is 3.45. The van der Waals surface area contributed by atoms with Gasteiger partial charge in [0.1, 0.15) is 11.5 Å². The van der Waals surface area contributed by atoms with Gasteiger partial charge < -0.3 is 14.4 Å². The van der Waals surface area contributed by atoms with Crippen LogP contribution in [0.1, 0.15) is 11.4 Å². The van der Waals surface area contributed by atoms with Gasteiger partial charge in [-0.05, 0) is 53.7 Å². The molecule has 0 spiro atoms. The Balaban J connectivity index is 1.28. The molecule has 0 N–H and O–H groups in total. The molecule has 0 unspecified atom stereocenters. The molecule has 3 aromatic rings. The summed E-state index contributed by atoms with van der Waals surface area (Å²) < 4.78 is 12.6. The highest BCUT2D eigenvalue weighted by atomic mass is 16.5. The van der Waals surface area contributed by atoms with Gasteiger partial charge in [0.2, 0.25) is 0 Å². The minimum absolute atomic E-state index is 0.00305. The Morgan fingerprint density at radius 2 is 1.65 bits per heavy atom. The van der Waals surface area contributed by atoms with Gasteiger partial charge >= 0.3 is 0 Å². The molecule has 4 rings (SSSR count). The number of carbonyl (C=O) groups is 1. The molecule has 9 nitrogen and oxygen atoms in total. The average Bonchev–Trinajstić information content (AvgIpc) is 3.27. The lowest BCUT2D eigenvalue weighted by molar-refractivity contribution is -0.135. The maximum atomic E-state index is 12.5. The summed E-state index contributed by atoms with van der Waals surface area (Å²) in [7, 11) is 1.64. The van der Waals surface area contributed by atoms with Crippen LogP contribution in [0.15, 0.2) is 48.5 Å². The van der Waals surface area contributed by atoms with Crippen molar-refractivity contribution in [2.75, 3.05) is 39.9 Å². The van der Waals surface area contributed by atoms with Crippen molar-refractivity contribution in [3.05, 3.63) is 59.9 Å². The molecule has 0 bridgehead atoms. The number of amides is 1. The third-order valence-corrected chi connectivity index (χ3v) is 5.32. The van der Waals surface area contributed by atoms with Crippen molar-refractivity contribution < 1.29 is 14.3 Å². The number of nitrogens with zero attached hydrogens (tertiary/aromatic N) is 6. The molecule has 1 fully saturated rings. The van der Waals surface area contributed by atoms with Gasteiger partial charge in [-0.3, -0.25) is 9.69 Å². The number of ether oxygens (including phenoxy) is 2. The molecule has 1 amide bonds. The number of hydrogen-bond donors (Lipinski definition) is 0. The molecule has 2 aromatic carbocycles. The third kappa shape index (κ3) is 5.18. The van der Waals surface area contributed by atoms with E-state index in [0.717, 1.165) is 35.9 Å². The second-order valence-electron chi connectivity index (χ2n) is 7.46. The summed E-state index contributed by atoms with van der Waals surface area (Å²) in [5.74, 6) is 2.25. The van der Waals surface area contributed by atoms with E-state index in [9.17, 15) is 4.79 Å². The first-order valence-corrected chi connectivity index (χ1v) is 10.2. The Labute approximate surface area is 181 Å². The standard InChI is InChI=1S/C22H26N6O3/c1-17-3-7-20(8-4-17)31-16-22(29)27-13-11-26(12-14-27)15-21-23-24-25-28(21)18-5-9-19(30-2)10-6-18/h3-10H,11-16H2,1-2H3. The molecule has 0 saturated carbocycles. The van der Waals surface area contributed by atoms with Crippen LogP contribution in [-0.4, -0.2) is 75.8 Å². The Morgan fingerprint density at radius 1 is 0.968 bits per heavy atom. The van der Waals surface area contributed by atoms with Gasteiger partial charge in [0.05, 0.1) is 19.3 Å². The SMILES string of the molecule is COc1ccc(-n2nnnc2CN2CCN(C(=O)COc3ccc(C)cc3)CC2)cc1. The lowest BCUT2D eigenvalue weighted by atomic mass is 10.2. The summed E-state index contributed by atoms with van der Waals surface area (Å²) in [6.07, 6.45) is 0. The second-order valence-corrected chi connectivity index (χ2v) is 7.46. The van der Waals surface area contributed by atoms with Crippen molar-refractivity contribution in [1.29, 1.82) is 0 Å². The summed E-state index contributed by atoms with van der Waals surface area (Å²) in [6, 6.07) is 15.3. The van der Waals surface area contributed by atoms with Crippen molar-refractivity contribution in [3.8, 4) is 17.2 Å². The lowest BCUT2D eigenvalue weighted by Gasteiger charge is -2.34. The topological polar surface area (TPSA) is 85.6 Å². The molecule has 1 aromatic heterocycles. The number of hydrogen-bond acceptors (Lipinski definition) is 7.